The molecule has 11 heteroatoms. The molecule has 0 aliphatic carbocycles. The third-order valence-corrected chi connectivity index (χ3v) is 3.29. The minimum Gasteiger partial charge on any atom is -0.378 e. The number of H-pyrrole nitrogens is 1. The van der Waals surface area contributed by atoms with Crippen LogP contribution in [-0.4, -0.2) is 28.9 Å². The molecule has 0 atom stereocenters. The van der Waals surface area contributed by atoms with Gasteiger partial charge in [-0.3, -0.25) is 19.7 Å². The van der Waals surface area contributed by atoms with Gasteiger partial charge in [0.25, 0.3) is 11.6 Å². The van der Waals surface area contributed by atoms with Crippen molar-refractivity contribution in [3.05, 3.63) is 68.1 Å². The monoisotopic (exact) mass is 370 g/mol. The zero-order valence-corrected chi connectivity index (χ0v) is 13.1. The number of anilines is 1. The van der Waals surface area contributed by atoms with Gasteiger partial charge in [-0.1, -0.05) is 0 Å². The van der Waals surface area contributed by atoms with Gasteiger partial charge in [0.15, 0.2) is 0 Å². The van der Waals surface area contributed by atoms with E-state index in [2.05, 4.69) is 15.6 Å². The van der Waals surface area contributed by atoms with E-state index in [9.17, 15) is 32.9 Å². The molecular weight excluding hydrogens is 357 g/mol. The van der Waals surface area contributed by atoms with E-state index in [-0.39, 0.29) is 29.9 Å². The van der Waals surface area contributed by atoms with Crippen LogP contribution in [0.4, 0.5) is 24.5 Å². The number of nitrogens with zero attached hydrogens (tertiary/aromatic N) is 1. The lowest BCUT2D eigenvalue weighted by Gasteiger charge is -2.11. The maximum Gasteiger partial charge on any atom is 0.416 e. The van der Waals surface area contributed by atoms with Crippen molar-refractivity contribution in [1.29, 1.82) is 0 Å². The Morgan fingerprint density at radius 2 is 1.92 bits per heavy atom. The smallest absolute Gasteiger partial charge is 0.378 e. The van der Waals surface area contributed by atoms with Crippen LogP contribution in [0.1, 0.15) is 15.9 Å². The summed E-state index contributed by atoms with van der Waals surface area (Å²) in [6.07, 6.45) is -3.46. The third-order valence-electron chi connectivity index (χ3n) is 3.29. The molecule has 0 saturated carbocycles. The van der Waals surface area contributed by atoms with Crippen LogP contribution in [0.2, 0.25) is 0 Å². The van der Waals surface area contributed by atoms with Gasteiger partial charge in [-0.2, -0.15) is 13.2 Å². The number of amides is 1. The van der Waals surface area contributed by atoms with Crippen molar-refractivity contribution in [1.82, 2.24) is 10.3 Å². The molecule has 0 saturated heterocycles. The molecule has 0 radical (unpaired) electrons. The Kier molecular flexibility index (Phi) is 5.60. The largest absolute Gasteiger partial charge is 0.416 e. The first-order chi connectivity index (χ1) is 12.2. The lowest BCUT2D eigenvalue weighted by atomic mass is 10.1. The molecule has 1 aromatic carbocycles. The predicted octanol–water partition coefficient (Wildman–Crippen LogP) is 2.14. The van der Waals surface area contributed by atoms with Gasteiger partial charge in [-0.15, -0.1) is 0 Å². The number of benzene rings is 1. The number of pyridine rings is 1. The van der Waals surface area contributed by atoms with E-state index < -0.39 is 28.3 Å². The van der Waals surface area contributed by atoms with Gasteiger partial charge < -0.3 is 15.6 Å². The fourth-order valence-electron chi connectivity index (χ4n) is 2.04. The summed E-state index contributed by atoms with van der Waals surface area (Å²) in [6, 6.07) is 4.64. The van der Waals surface area contributed by atoms with Gasteiger partial charge in [0, 0.05) is 31.4 Å². The van der Waals surface area contributed by atoms with Crippen molar-refractivity contribution in [3.8, 4) is 0 Å². The molecule has 0 aliphatic rings. The summed E-state index contributed by atoms with van der Waals surface area (Å²) in [5.74, 6) is -0.482. The standard InChI is InChI=1S/C15H13F3N4O4/c16-15(17,18)10-2-3-11(12(7-10)22(25)26)19-5-6-20-14(24)9-1-4-13(23)21-8-9/h1-4,7-8,19H,5-6H2,(H,20,24)(H,21,23). The Balaban J connectivity index is 1.96. The average Bonchev–Trinajstić information content (AvgIpc) is 2.58. The number of alkyl halides is 3. The van der Waals surface area contributed by atoms with Crippen LogP contribution in [0.5, 0.6) is 0 Å². The summed E-state index contributed by atoms with van der Waals surface area (Å²) in [7, 11) is 0. The van der Waals surface area contributed by atoms with E-state index in [1.54, 1.807) is 0 Å². The molecular formula is C15H13F3N4O4. The Morgan fingerprint density at radius 1 is 1.19 bits per heavy atom. The van der Waals surface area contributed by atoms with E-state index >= 15 is 0 Å². The minimum absolute atomic E-state index is 0.0430. The molecule has 3 N–H and O–H groups in total. The number of carbonyl (C=O) groups is 1. The second-order valence-electron chi connectivity index (χ2n) is 5.11. The highest BCUT2D eigenvalue weighted by atomic mass is 19.4. The molecule has 2 aromatic rings. The molecule has 0 unspecified atom stereocenters. The van der Waals surface area contributed by atoms with Crippen molar-refractivity contribution in [2.24, 2.45) is 0 Å². The number of aromatic nitrogens is 1. The van der Waals surface area contributed by atoms with Crippen LogP contribution in [0, 0.1) is 10.1 Å². The van der Waals surface area contributed by atoms with Crippen LogP contribution in [0.25, 0.3) is 0 Å². The van der Waals surface area contributed by atoms with Gasteiger partial charge >= 0.3 is 6.18 Å². The maximum atomic E-state index is 12.6. The van der Waals surface area contributed by atoms with E-state index in [1.807, 2.05) is 0 Å². The zero-order chi connectivity index (χ0) is 19.3. The quantitative estimate of drug-likeness (QED) is 0.409. The third kappa shape index (κ3) is 4.82. The number of aromatic amines is 1. The predicted molar refractivity (Wildman–Crippen MR) is 86.0 cm³/mol. The first-order valence-electron chi connectivity index (χ1n) is 7.25. The molecule has 1 aromatic heterocycles. The second kappa shape index (κ2) is 7.68. The summed E-state index contributed by atoms with van der Waals surface area (Å²) in [6.45, 7) is 0.0947. The highest BCUT2D eigenvalue weighted by molar-refractivity contribution is 5.93. The topological polar surface area (TPSA) is 117 Å². The highest BCUT2D eigenvalue weighted by Crippen LogP contribution is 2.34. The van der Waals surface area contributed by atoms with Gasteiger partial charge in [-0.05, 0) is 18.2 Å². The minimum atomic E-state index is -4.69. The summed E-state index contributed by atoms with van der Waals surface area (Å²) >= 11 is 0. The van der Waals surface area contributed by atoms with Crippen molar-refractivity contribution < 1.29 is 22.9 Å². The van der Waals surface area contributed by atoms with Gasteiger partial charge in [-0.25, -0.2) is 0 Å². The first-order valence-corrected chi connectivity index (χ1v) is 7.25. The van der Waals surface area contributed by atoms with Crippen molar-refractivity contribution >= 4 is 17.3 Å². The van der Waals surface area contributed by atoms with Crippen LogP contribution in [0.3, 0.4) is 0 Å². The Labute approximate surface area is 144 Å². The van der Waals surface area contributed by atoms with E-state index in [1.165, 1.54) is 18.3 Å². The number of nitrogens with one attached hydrogen (secondary N) is 3. The lowest BCUT2D eigenvalue weighted by Crippen LogP contribution is -2.29. The molecule has 0 aliphatic heterocycles. The van der Waals surface area contributed by atoms with Gasteiger partial charge in [0.1, 0.15) is 5.69 Å². The number of hydrogen-bond acceptors (Lipinski definition) is 5. The van der Waals surface area contributed by atoms with E-state index in [0.29, 0.717) is 6.07 Å². The van der Waals surface area contributed by atoms with Crippen LogP contribution >= 0.6 is 0 Å². The molecule has 1 amide bonds. The highest BCUT2D eigenvalue weighted by Gasteiger charge is 2.32. The van der Waals surface area contributed by atoms with Crippen LogP contribution in [0.15, 0.2) is 41.3 Å². The number of nitro benzene ring substituents is 1. The Morgan fingerprint density at radius 3 is 2.50 bits per heavy atom. The number of halogens is 3. The Hall–Kier alpha value is -3.37. The lowest BCUT2D eigenvalue weighted by molar-refractivity contribution is -0.384. The number of carbonyl (C=O) groups excluding carboxylic acids is 1. The van der Waals surface area contributed by atoms with E-state index in [4.69, 9.17) is 0 Å². The van der Waals surface area contributed by atoms with Crippen molar-refractivity contribution in [3.63, 3.8) is 0 Å². The van der Waals surface area contributed by atoms with Crippen molar-refractivity contribution in [2.75, 3.05) is 18.4 Å². The van der Waals surface area contributed by atoms with Gasteiger partial charge in [0.05, 0.1) is 16.1 Å². The summed E-state index contributed by atoms with van der Waals surface area (Å²) < 4.78 is 37.9. The normalized spacial score (nSPS) is 11.0. The summed E-state index contributed by atoms with van der Waals surface area (Å²) in [4.78, 5) is 35.1. The number of rotatable bonds is 6. The Bertz CT molecular complexity index is 859. The zero-order valence-electron chi connectivity index (χ0n) is 13.1. The van der Waals surface area contributed by atoms with Crippen LogP contribution in [-0.2, 0) is 6.18 Å². The molecule has 26 heavy (non-hydrogen) atoms. The average molecular weight is 370 g/mol. The number of hydrogen-bond donors (Lipinski definition) is 3. The first kappa shape index (κ1) is 19.0. The molecule has 0 bridgehead atoms. The summed E-state index contributed by atoms with van der Waals surface area (Å²) in [5, 5.41) is 16.1. The molecule has 1 heterocycles. The van der Waals surface area contributed by atoms with Crippen molar-refractivity contribution in [2.45, 2.75) is 6.18 Å². The maximum absolute atomic E-state index is 12.6. The molecule has 0 spiro atoms. The molecule has 138 valence electrons. The van der Waals surface area contributed by atoms with E-state index in [0.717, 1.165) is 12.1 Å². The molecule has 0 fully saturated rings. The van der Waals surface area contributed by atoms with Gasteiger partial charge in [0.2, 0.25) is 5.56 Å². The SMILES string of the molecule is O=C(NCCNc1ccc(C(F)(F)F)cc1[N+](=O)[O-])c1ccc(=O)[nH]c1. The fraction of sp³-hybridized carbons (Fsp3) is 0.200. The van der Waals surface area contributed by atoms with Crippen LogP contribution < -0.4 is 16.2 Å². The molecule has 8 nitrogen and oxygen atoms in total. The summed E-state index contributed by atoms with van der Waals surface area (Å²) in [5.41, 5.74) is -2.09. The second-order valence-corrected chi connectivity index (χ2v) is 5.11. The number of nitro groups is 1. The molecule has 2 rings (SSSR count). The fourth-order valence-corrected chi connectivity index (χ4v) is 2.04.